The van der Waals surface area contributed by atoms with Crippen LogP contribution in [0.3, 0.4) is 0 Å². The molecular weight excluding hydrogens is 174 g/mol. The van der Waals surface area contributed by atoms with E-state index in [0.717, 1.165) is 18.1 Å². The van der Waals surface area contributed by atoms with Crippen LogP contribution in [0.15, 0.2) is 12.1 Å². The second kappa shape index (κ2) is 2.87. The van der Waals surface area contributed by atoms with E-state index in [1.165, 1.54) is 25.1 Å². The first-order valence-corrected chi connectivity index (χ1v) is 5.32. The predicted octanol–water partition coefficient (Wildman–Crippen LogP) is 2.03. The predicted molar refractivity (Wildman–Crippen MR) is 59.9 cm³/mol. The summed E-state index contributed by atoms with van der Waals surface area (Å²) >= 11 is 0. The molecule has 1 N–H and O–H groups in total. The van der Waals surface area contributed by atoms with E-state index in [1.54, 1.807) is 0 Å². The van der Waals surface area contributed by atoms with Crippen LogP contribution in [-0.2, 0) is 0 Å². The topological polar surface area (TPSA) is 28.2 Å². The lowest BCUT2D eigenvalue weighted by Crippen LogP contribution is -2.46. The highest BCUT2D eigenvalue weighted by molar-refractivity contribution is 5.69. The summed E-state index contributed by atoms with van der Waals surface area (Å²) in [6.07, 6.45) is 2.58. The summed E-state index contributed by atoms with van der Waals surface area (Å²) in [5.74, 6) is 1.08. The van der Waals surface area contributed by atoms with Crippen molar-refractivity contribution in [2.75, 3.05) is 23.3 Å². The summed E-state index contributed by atoms with van der Waals surface area (Å²) in [7, 11) is 0. The third-order valence-electron chi connectivity index (χ3n) is 3.12. The Morgan fingerprint density at radius 2 is 2.50 bits per heavy atom. The zero-order valence-corrected chi connectivity index (χ0v) is 8.45. The zero-order chi connectivity index (χ0) is 9.54. The van der Waals surface area contributed by atoms with Gasteiger partial charge in [-0.25, -0.2) is 4.98 Å². The molecule has 3 nitrogen and oxygen atoms in total. The van der Waals surface area contributed by atoms with Gasteiger partial charge in [0.2, 0.25) is 0 Å². The average Bonchev–Trinajstić information content (AvgIpc) is 2.17. The second-order valence-electron chi connectivity index (χ2n) is 4.25. The Labute approximate surface area is 85.6 Å². The van der Waals surface area contributed by atoms with Gasteiger partial charge in [0, 0.05) is 26.3 Å². The van der Waals surface area contributed by atoms with Gasteiger partial charge >= 0.3 is 0 Å². The first-order chi connectivity index (χ1) is 6.83. The van der Waals surface area contributed by atoms with Crippen LogP contribution in [0.2, 0.25) is 0 Å². The van der Waals surface area contributed by atoms with Crippen molar-refractivity contribution in [3.8, 4) is 0 Å². The fraction of sp³-hybridized carbons (Fsp3) is 0.545. The van der Waals surface area contributed by atoms with Crippen LogP contribution >= 0.6 is 0 Å². The first-order valence-electron chi connectivity index (χ1n) is 5.32. The largest absolute Gasteiger partial charge is 0.366 e. The Kier molecular flexibility index (Phi) is 1.66. The number of fused-ring (bicyclic) bond motifs is 4. The lowest BCUT2D eigenvalue weighted by molar-refractivity contribution is 0.515. The van der Waals surface area contributed by atoms with Crippen LogP contribution in [0.1, 0.15) is 20.0 Å². The van der Waals surface area contributed by atoms with E-state index >= 15 is 0 Å². The molecule has 0 spiro atoms. The maximum Gasteiger partial charge on any atom is 0.150 e. The molecular formula is C11H17N3. The fourth-order valence-electron chi connectivity index (χ4n) is 2.42. The minimum atomic E-state index is 0. The summed E-state index contributed by atoms with van der Waals surface area (Å²) in [4.78, 5) is 6.99. The molecule has 2 bridgehead atoms. The third kappa shape index (κ3) is 1.15. The third-order valence-corrected chi connectivity index (χ3v) is 3.12. The van der Waals surface area contributed by atoms with Gasteiger partial charge in [-0.2, -0.15) is 0 Å². The molecule has 1 fully saturated rings. The van der Waals surface area contributed by atoms with Gasteiger partial charge in [0.15, 0.2) is 0 Å². The van der Waals surface area contributed by atoms with Crippen molar-refractivity contribution < 1.29 is 1.43 Å². The van der Waals surface area contributed by atoms with Gasteiger partial charge in [-0.05, 0) is 31.9 Å². The number of nitrogens with one attached hydrogen (secondary N) is 1. The molecule has 0 unspecified atom stereocenters. The summed E-state index contributed by atoms with van der Waals surface area (Å²) in [5.41, 5.74) is 2.38. The Morgan fingerprint density at radius 3 is 3.43 bits per heavy atom. The summed E-state index contributed by atoms with van der Waals surface area (Å²) < 4.78 is 0. The van der Waals surface area contributed by atoms with E-state index < -0.39 is 0 Å². The zero-order valence-electron chi connectivity index (χ0n) is 8.45. The van der Waals surface area contributed by atoms with Crippen LogP contribution in [0.4, 0.5) is 11.5 Å². The molecule has 1 aromatic heterocycles. The molecule has 0 saturated carbocycles. The standard InChI is InChI=1S/C11H15N3.H2/c1-8-4-5-10-11(12-8)13-9-3-2-6-14(10)7-9;/h4-5,9H,2-3,6-7H2,1H3,(H,12,13);1H/t9-;/m0./s1. The molecule has 3 heteroatoms. The number of aromatic nitrogens is 1. The Morgan fingerprint density at radius 1 is 1.57 bits per heavy atom. The molecule has 1 atom stereocenters. The van der Waals surface area contributed by atoms with Gasteiger partial charge in [0.25, 0.3) is 0 Å². The SMILES string of the molecule is Cc1ccc2c(n1)N[C@H]1CCCN2C1.[HH]. The molecule has 76 valence electrons. The number of nitrogens with zero attached hydrogens (tertiary/aromatic N) is 2. The molecule has 2 aliphatic rings. The highest BCUT2D eigenvalue weighted by Gasteiger charge is 2.27. The molecule has 3 heterocycles. The van der Waals surface area contributed by atoms with E-state index in [-0.39, 0.29) is 1.43 Å². The smallest absolute Gasteiger partial charge is 0.150 e. The normalized spacial score (nSPS) is 24.1. The number of rotatable bonds is 0. The fourth-order valence-corrected chi connectivity index (χ4v) is 2.42. The number of piperidine rings is 1. The van der Waals surface area contributed by atoms with E-state index in [4.69, 9.17) is 0 Å². The molecule has 1 saturated heterocycles. The van der Waals surface area contributed by atoms with Crippen LogP contribution in [0, 0.1) is 6.92 Å². The van der Waals surface area contributed by atoms with Crippen LogP contribution in [0.5, 0.6) is 0 Å². The minimum Gasteiger partial charge on any atom is -0.366 e. The number of pyridine rings is 1. The lowest BCUT2D eigenvalue weighted by Gasteiger charge is -2.40. The lowest BCUT2D eigenvalue weighted by atomic mass is 10.0. The van der Waals surface area contributed by atoms with E-state index in [1.807, 2.05) is 6.92 Å². The van der Waals surface area contributed by atoms with E-state index in [0.29, 0.717) is 6.04 Å². The maximum absolute atomic E-state index is 4.54. The van der Waals surface area contributed by atoms with Crippen LogP contribution in [0.25, 0.3) is 0 Å². The van der Waals surface area contributed by atoms with Crippen LogP contribution in [-0.4, -0.2) is 24.1 Å². The van der Waals surface area contributed by atoms with Crippen molar-refractivity contribution in [3.63, 3.8) is 0 Å². The summed E-state index contributed by atoms with van der Waals surface area (Å²) in [6, 6.07) is 4.90. The molecule has 0 aromatic carbocycles. The van der Waals surface area contributed by atoms with Gasteiger partial charge < -0.3 is 10.2 Å². The number of hydrogen-bond acceptors (Lipinski definition) is 3. The van der Waals surface area contributed by atoms with E-state index in [9.17, 15) is 0 Å². The molecule has 0 amide bonds. The van der Waals surface area contributed by atoms with Crippen molar-refractivity contribution in [1.82, 2.24) is 4.98 Å². The van der Waals surface area contributed by atoms with Crippen molar-refractivity contribution in [1.29, 1.82) is 0 Å². The van der Waals surface area contributed by atoms with E-state index in [2.05, 4.69) is 27.3 Å². The second-order valence-corrected chi connectivity index (χ2v) is 4.25. The van der Waals surface area contributed by atoms with Gasteiger partial charge in [0.1, 0.15) is 5.82 Å². The number of aryl methyl sites for hydroxylation is 1. The summed E-state index contributed by atoms with van der Waals surface area (Å²) in [5, 5.41) is 3.52. The summed E-state index contributed by atoms with van der Waals surface area (Å²) in [6.45, 7) is 4.38. The Balaban J connectivity index is 0.000000853. The first kappa shape index (κ1) is 8.09. The van der Waals surface area contributed by atoms with Crippen molar-refractivity contribution in [2.24, 2.45) is 0 Å². The number of anilines is 2. The van der Waals surface area contributed by atoms with Crippen molar-refractivity contribution in [3.05, 3.63) is 17.8 Å². The average molecular weight is 191 g/mol. The monoisotopic (exact) mass is 191 g/mol. The van der Waals surface area contributed by atoms with Crippen LogP contribution < -0.4 is 10.2 Å². The van der Waals surface area contributed by atoms with Gasteiger partial charge in [-0.15, -0.1) is 0 Å². The quantitative estimate of drug-likeness (QED) is 0.680. The maximum atomic E-state index is 4.54. The van der Waals surface area contributed by atoms with Crippen molar-refractivity contribution >= 4 is 11.5 Å². The molecule has 14 heavy (non-hydrogen) atoms. The molecule has 0 radical (unpaired) electrons. The minimum absolute atomic E-state index is 0. The highest BCUT2D eigenvalue weighted by atomic mass is 15.2. The Hall–Kier alpha value is -1.25. The molecule has 2 aliphatic heterocycles. The Bertz CT molecular complexity index is 367. The molecule has 3 rings (SSSR count). The van der Waals surface area contributed by atoms with Gasteiger partial charge in [-0.3, -0.25) is 0 Å². The van der Waals surface area contributed by atoms with Crippen molar-refractivity contribution in [2.45, 2.75) is 25.8 Å². The highest BCUT2D eigenvalue weighted by Crippen LogP contribution is 2.32. The molecule has 1 aromatic rings. The van der Waals surface area contributed by atoms with Gasteiger partial charge in [-0.1, -0.05) is 0 Å². The number of hydrogen-bond donors (Lipinski definition) is 1. The van der Waals surface area contributed by atoms with Gasteiger partial charge in [0.05, 0.1) is 5.69 Å². The molecule has 0 aliphatic carbocycles.